The van der Waals surface area contributed by atoms with Gasteiger partial charge in [-0.1, -0.05) is 0 Å². The van der Waals surface area contributed by atoms with E-state index in [2.05, 4.69) is 15.3 Å². The Labute approximate surface area is 104 Å². The molecule has 1 aromatic rings. The van der Waals surface area contributed by atoms with Crippen LogP contribution in [-0.4, -0.2) is 32.2 Å². The van der Waals surface area contributed by atoms with Crippen LogP contribution >= 0.6 is 0 Å². The van der Waals surface area contributed by atoms with Crippen LogP contribution in [0.4, 0.5) is 24.9 Å². The molecule has 0 aliphatic heterocycles. The highest BCUT2D eigenvalue weighted by Crippen LogP contribution is 2.29. The summed E-state index contributed by atoms with van der Waals surface area (Å²) in [6.07, 6.45) is -3.07. The van der Waals surface area contributed by atoms with Crippen LogP contribution in [0.2, 0.25) is 0 Å². The van der Waals surface area contributed by atoms with Crippen LogP contribution in [-0.2, 0) is 17.0 Å². The number of nitrogens with zero attached hydrogens (tertiary/aromatic N) is 2. The summed E-state index contributed by atoms with van der Waals surface area (Å²) in [6.45, 7) is 1.69. The van der Waals surface area contributed by atoms with Crippen molar-refractivity contribution >= 4 is 22.6 Å². The fraction of sp³-hybridized carbons (Fsp3) is 0.556. The lowest BCUT2D eigenvalue weighted by molar-refractivity contribution is -0.141. The van der Waals surface area contributed by atoms with E-state index in [0.717, 1.165) is 6.07 Å². The normalized spacial score (nSPS) is 15.2. The Hall–Kier alpha value is -1.38. The van der Waals surface area contributed by atoms with Gasteiger partial charge >= 0.3 is 6.18 Å². The summed E-state index contributed by atoms with van der Waals surface area (Å²) in [5, 5.41) is 2.70. The minimum absolute atomic E-state index is 0.0345. The lowest BCUT2D eigenvalue weighted by Crippen LogP contribution is -2.23. The Balaban J connectivity index is 2.90. The molecule has 3 N–H and O–H groups in total. The fourth-order valence-corrected chi connectivity index (χ4v) is 2.12. The fourth-order valence-electron chi connectivity index (χ4n) is 1.33. The first-order valence-electron chi connectivity index (χ1n) is 4.97. The number of nitrogens with two attached hydrogens (primary N) is 1. The Morgan fingerprint density at radius 3 is 2.61 bits per heavy atom. The molecule has 0 aliphatic carbocycles. The number of anilines is 2. The predicted octanol–water partition coefficient (Wildman–Crippen LogP) is 1.26. The monoisotopic (exact) mass is 282 g/mol. The minimum atomic E-state index is -4.58. The van der Waals surface area contributed by atoms with Crippen LogP contribution in [0.5, 0.6) is 0 Å². The molecule has 9 heteroatoms. The molecular formula is C9H13F3N4OS. The predicted molar refractivity (Wildman–Crippen MR) is 63.5 cm³/mol. The van der Waals surface area contributed by atoms with Gasteiger partial charge in [-0.25, -0.2) is 4.98 Å². The SMILES string of the molecule is CC(CS(C)=O)Nc1cc(C(F)(F)F)nc(N)n1. The van der Waals surface area contributed by atoms with E-state index in [1.165, 1.54) is 6.26 Å². The Morgan fingerprint density at radius 1 is 1.50 bits per heavy atom. The second-order valence-corrected chi connectivity index (χ2v) is 5.26. The summed E-state index contributed by atoms with van der Waals surface area (Å²) in [5.41, 5.74) is 4.10. The van der Waals surface area contributed by atoms with E-state index in [4.69, 9.17) is 5.73 Å². The molecule has 0 aliphatic rings. The lowest BCUT2D eigenvalue weighted by Gasteiger charge is -2.14. The molecule has 2 atom stereocenters. The van der Waals surface area contributed by atoms with E-state index < -0.39 is 28.6 Å². The lowest BCUT2D eigenvalue weighted by atomic mass is 10.3. The molecule has 1 heterocycles. The summed E-state index contributed by atoms with van der Waals surface area (Å²) < 4.78 is 48.4. The van der Waals surface area contributed by atoms with Crippen LogP contribution in [0.25, 0.3) is 0 Å². The van der Waals surface area contributed by atoms with Crippen LogP contribution in [0.15, 0.2) is 6.07 Å². The number of hydrogen-bond acceptors (Lipinski definition) is 5. The minimum Gasteiger partial charge on any atom is -0.368 e. The zero-order valence-electron chi connectivity index (χ0n) is 9.78. The summed E-state index contributed by atoms with van der Waals surface area (Å²) in [4.78, 5) is 6.77. The van der Waals surface area contributed by atoms with Gasteiger partial charge in [0.05, 0.1) is 0 Å². The van der Waals surface area contributed by atoms with Crippen LogP contribution < -0.4 is 11.1 Å². The van der Waals surface area contributed by atoms with Crippen LogP contribution in [0, 0.1) is 0 Å². The van der Waals surface area contributed by atoms with Crippen molar-refractivity contribution in [3.05, 3.63) is 11.8 Å². The quantitative estimate of drug-likeness (QED) is 0.869. The van der Waals surface area contributed by atoms with Gasteiger partial charge in [0.1, 0.15) is 5.82 Å². The molecule has 18 heavy (non-hydrogen) atoms. The van der Waals surface area contributed by atoms with Gasteiger partial charge < -0.3 is 11.1 Å². The van der Waals surface area contributed by atoms with Gasteiger partial charge in [0, 0.05) is 34.9 Å². The van der Waals surface area contributed by atoms with Crippen molar-refractivity contribution in [1.29, 1.82) is 0 Å². The van der Waals surface area contributed by atoms with E-state index in [0.29, 0.717) is 5.75 Å². The standard InChI is InChI=1S/C9H13F3N4OS/c1-5(4-18(2)17)14-7-3-6(9(10,11)12)15-8(13)16-7/h3,5H,4H2,1-2H3,(H3,13,14,15,16). The topological polar surface area (TPSA) is 80.9 Å². The molecule has 0 amide bonds. The van der Waals surface area contributed by atoms with Gasteiger partial charge in [-0.15, -0.1) is 0 Å². The molecule has 0 fully saturated rings. The highest BCUT2D eigenvalue weighted by atomic mass is 32.2. The molecule has 0 spiro atoms. The largest absolute Gasteiger partial charge is 0.433 e. The van der Waals surface area contributed by atoms with Crippen molar-refractivity contribution < 1.29 is 17.4 Å². The maximum atomic E-state index is 12.5. The third-order valence-electron chi connectivity index (χ3n) is 1.91. The maximum Gasteiger partial charge on any atom is 0.433 e. The zero-order chi connectivity index (χ0) is 13.9. The van der Waals surface area contributed by atoms with Crippen molar-refractivity contribution in [2.75, 3.05) is 23.1 Å². The van der Waals surface area contributed by atoms with Gasteiger partial charge in [0.25, 0.3) is 0 Å². The van der Waals surface area contributed by atoms with E-state index >= 15 is 0 Å². The number of hydrogen-bond donors (Lipinski definition) is 2. The average Bonchev–Trinajstić information content (AvgIpc) is 2.13. The van der Waals surface area contributed by atoms with E-state index in [1.807, 2.05) is 0 Å². The number of nitrogen functional groups attached to an aromatic ring is 1. The summed E-state index contributed by atoms with van der Waals surface area (Å²) in [6, 6.07) is 0.483. The Morgan fingerprint density at radius 2 is 2.11 bits per heavy atom. The van der Waals surface area contributed by atoms with Gasteiger partial charge in [-0.05, 0) is 6.92 Å². The zero-order valence-corrected chi connectivity index (χ0v) is 10.6. The molecule has 0 radical (unpaired) electrons. The van der Waals surface area contributed by atoms with Crippen molar-refractivity contribution in [1.82, 2.24) is 9.97 Å². The smallest absolute Gasteiger partial charge is 0.368 e. The molecule has 0 bridgehead atoms. The van der Waals surface area contributed by atoms with Gasteiger partial charge in [0.2, 0.25) is 5.95 Å². The molecule has 2 unspecified atom stereocenters. The van der Waals surface area contributed by atoms with E-state index in [-0.39, 0.29) is 11.9 Å². The van der Waals surface area contributed by atoms with Gasteiger partial charge in [0.15, 0.2) is 5.69 Å². The molecular weight excluding hydrogens is 269 g/mol. The van der Waals surface area contributed by atoms with E-state index in [1.54, 1.807) is 6.92 Å². The summed E-state index contributed by atoms with van der Waals surface area (Å²) in [5.74, 6) is -0.199. The molecule has 1 aromatic heterocycles. The second kappa shape index (κ2) is 5.51. The van der Waals surface area contributed by atoms with Gasteiger partial charge in [-0.2, -0.15) is 18.2 Å². The molecule has 0 aromatic carbocycles. The third-order valence-corrected chi connectivity index (χ3v) is 2.88. The first-order chi connectivity index (χ1) is 8.18. The number of rotatable bonds is 4. The van der Waals surface area contributed by atoms with Crippen molar-refractivity contribution in [2.45, 2.75) is 19.1 Å². The Kier molecular flexibility index (Phi) is 4.49. The maximum absolute atomic E-state index is 12.5. The number of halogens is 3. The Bertz CT molecular complexity index is 452. The second-order valence-electron chi connectivity index (χ2n) is 3.78. The molecule has 0 saturated heterocycles. The van der Waals surface area contributed by atoms with Gasteiger partial charge in [-0.3, -0.25) is 4.21 Å². The molecule has 5 nitrogen and oxygen atoms in total. The number of nitrogens with one attached hydrogen (secondary N) is 1. The molecule has 0 saturated carbocycles. The highest BCUT2D eigenvalue weighted by molar-refractivity contribution is 7.84. The summed E-state index contributed by atoms with van der Waals surface area (Å²) >= 11 is 0. The number of aromatic nitrogens is 2. The third kappa shape index (κ3) is 4.47. The highest BCUT2D eigenvalue weighted by Gasteiger charge is 2.33. The molecule has 1 rings (SSSR count). The van der Waals surface area contributed by atoms with Crippen LogP contribution in [0.1, 0.15) is 12.6 Å². The number of alkyl halides is 3. The molecule has 102 valence electrons. The van der Waals surface area contributed by atoms with Crippen molar-refractivity contribution in [2.24, 2.45) is 0 Å². The first kappa shape index (κ1) is 14.7. The van der Waals surface area contributed by atoms with E-state index in [9.17, 15) is 17.4 Å². The van der Waals surface area contributed by atoms with Crippen LogP contribution in [0.3, 0.4) is 0 Å². The first-order valence-corrected chi connectivity index (χ1v) is 6.69. The van der Waals surface area contributed by atoms with Crippen molar-refractivity contribution in [3.8, 4) is 0 Å². The average molecular weight is 282 g/mol. The van der Waals surface area contributed by atoms with Crippen molar-refractivity contribution in [3.63, 3.8) is 0 Å². The summed E-state index contributed by atoms with van der Waals surface area (Å²) in [7, 11) is -1.06.